The van der Waals surface area contributed by atoms with E-state index in [1.54, 1.807) is 0 Å². The molecule has 1 aliphatic rings. The van der Waals surface area contributed by atoms with Crippen LogP contribution in [0.1, 0.15) is 59.2 Å². The minimum Gasteiger partial charge on any atom is -0.465 e. The molecule has 0 atom stereocenters. The third-order valence-electron chi connectivity index (χ3n) is 5.34. The van der Waals surface area contributed by atoms with Crippen molar-refractivity contribution in [1.29, 1.82) is 0 Å². The van der Waals surface area contributed by atoms with E-state index in [1.165, 1.54) is 29.9 Å². The molecule has 6 nitrogen and oxygen atoms in total. The molecule has 30 heavy (non-hydrogen) atoms. The van der Waals surface area contributed by atoms with Gasteiger partial charge in [0.05, 0.1) is 23.8 Å². The number of carbonyl (C=O) groups excluding carboxylic acids is 3. The lowest BCUT2D eigenvalue weighted by Crippen LogP contribution is -2.36. The van der Waals surface area contributed by atoms with Gasteiger partial charge in [-0.15, -0.1) is 0 Å². The van der Waals surface area contributed by atoms with Gasteiger partial charge in [-0.3, -0.25) is 9.59 Å². The second kappa shape index (κ2) is 8.89. The number of esters is 1. The fraction of sp³-hybridized carbons (Fsp3) is 0.476. The number of ether oxygens (including phenoxy) is 1. The number of ketones is 1. The number of hydrogen-bond acceptors (Lipinski definition) is 4. The van der Waals surface area contributed by atoms with Gasteiger partial charge in [-0.05, 0) is 25.0 Å². The van der Waals surface area contributed by atoms with Crippen LogP contribution >= 0.6 is 0 Å². The van der Waals surface area contributed by atoms with Crippen molar-refractivity contribution in [2.45, 2.75) is 57.3 Å². The molecule has 3 rings (SSSR count). The third-order valence-corrected chi connectivity index (χ3v) is 5.34. The number of hydrogen-bond donors (Lipinski definition) is 1. The Morgan fingerprint density at radius 2 is 1.80 bits per heavy atom. The molecule has 1 aliphatic carbocycles. The summed E-state index contributed by atoms with van der Waals surface area (Å²) in [5.74, 6) is -3.02. The Kier molecular flexibility index (Phi) is 6.48. The van der Waals surface area contributed by atoms with Gasteiger partial charge in [-0.1, -0.05) is 31.7 Å². The predicted octanol–water partition coefficient (Wildman–Crippen LogP) is 4.01. The first-order valence-corrected chi connectivity index (χ1v) is 9.83. The summed E-state index contributed by atoms with van der Waals surface area (Å²) >= 11 is 0. The zero-order chi connectivity index (χ0) is 21.9. The number of nitrogens with zero attached hydrogens (tertiary/aromatic N) is 1. The number of amides is 1. The van der Waals surface area contributed by atoms with Gasteiger partial charge in [0.25, 0.3) is 5.78 Å². The van der Waals surface area contributed by atoms with Gasteiger partial charge >= 0.3 is 12.1 Å². The number of rotatable bonds is 5. The van der Waals surface area contributed by atoms with Gasteiger partial charge in [0, 0.05) is 17.6 Å². The molecule has 1 heterocycles. The van der Waals surface area contributed by atoms with Crippen LogP contribution < -0.4 is 5.32 Å². The molecule has 0 radical (unpaired) electrons. The van der Waals surface area contributed by atoms with E-state index in [2.05, 4.69) is 10.1 Å². The molecule has 2 aromatic rings. The molecule has 0 aliphatic heterocycles. The van der Waals surface area contributed by atoms with Crippen molar-refractivity contribution < 1.29 is 32.3 Å². The van der Waals surface area contributed by atoms with Gasteiger partial charge < -0.3 is 14.6 Å². The molecule has 0 bridgehead atoms. The summed E-state index contributed by atoms with van der Waals surface area (Å²) in [4.78, 5) is 36.3. The standard InChI is InChI=1S/C21H23F3N2O4/c1-30-20(29)13-8-9-15-16(19(28)21(22,23)24)11-26(17(15)10-13)12-18(27)25-14-6-4-2-3-5-7-14/h8-11,14H,2-7,12H2,1H3,(H,25,27). The highest BCUT2D eigenvalue weighted by Crippen LogP contribution is 2.29. The minimum atomic E-state index is -5.05. The first-order valence-electron chi connectivity index (χ1n) is 9.83. The molecule has 1 aromatic heterocycles. The van der Waals surface area contributed by atoms with Crippen LogP contribution in [0, 0.1) is 0 Å². The van der Waals surface area contributed by atoms with E-state index in [9.17, 15) is 27.6 Å². The lowest BCUT2D eigenvalue weighted by atomic mass is 10.1. The minimum absolute atomic E-state index is 0.0206. The van der Waals surface area contributed by atoms with Crippen molar-refractivity contribution in [3.8, 4) is 0 Å². The van der Waals surface area contributed by atoms with E-state index in [0.29, 0.717) is 0 Å². The molecular formula is C21H23F3N2O4. The molecule has 1 aromatic carbocycles. The monoisotopic (exact) mass is 424 g/mol. The quantitative estimate of drug-likeness (QED) is 0.447. The Morgan fingerprint density at radius 1 is 1.13 bits per heavy atom. The lowest BCUT2D eigenvalue weighted by Gasteiger charge is -2.16. The molecule has 0 spiro atoms. The van der Waals surface area contributed by atoms with Crippen LogP contribution in [0.25, 0.3) is 10.9 Å². The van der Waals surface area contributed by atoms with Crippen molar-refractivity contribution in [3.63, 3.8) is 0 Å². The Bertz CT molecular complexity index is 957. The summed E-state index contributed by atoms with van der Waals surface area (Å²) < 4.78 is 45.0. The molecular weight excluding hydrogens is 401 g/mol. The molecule has 9 heteroatoms. The summed E-state index contributed by atoms with van der Waals surface area (Å²) in [6, 6.07) is 3.91. The number of nitrogens with one attached hydrogen (secondary N) is 1. The number of alkyl halides is 3. The highest BCUT2D eigenvalue weighted by atomic mass is 19.4. The highest BCUT2D eigenvalue weighted by molar-refractivity contribution is 6.11. The maximum absolute atomic E-state index is 13.0. The molecule has 1 fully saturated rings. The first kappa shape index (κ1) is 21.9. The largest absolute Gasteiger partial charge is 0.465 e. The maximum atomic E-state index is 13.0. The fourth-order valence-electron chi connectivity index (χ4n) is 3.85. The van der Waals surface area contributed by atoms with Crippen LogP contribution in [0.5, 0.6) is 0 Å². The topological polar surface area (TPSA) is 77.4 Å². The van der Waals surface area contributed by atoms with Gasteiger partial charge in [0.1, 0.15) is 6.54 Å². The van der Waals surface area contributed by atoms with E-state index in [4.69, 9.17) is 0 Å². The molecule has 1 amide bonds. The first-order chi connectivity index (χ1) is 14.2. The van der Waals surface area contributed by atoms with Crippen LogP contribution in [0.15, 0.2) is 24.4 Å². The van der Waals surface area contributed by atoms with Crippen molar-refractivity contribution in [1.82, 2.24) is 9.88 Å². The summed E-state index contributed by atoms with van der Waals surface area (Å²) in [5, 5.41) is 2.95. The second-order valence-corrected chi connectivity index (χ2v) is 7.48. The summed E-state index contributed by atoms with van der Waals surface area (Å²) in [5.41, 5.74) is -0.266. The van der Waals surface area contributed by atoms with Crippen molar-refractivity contribution >= 4 is 28.6 Å². The van der Waals surface area contributed by atoms with Crippen LogP contribution in [0.3, 0.4) is 0 Å². The van der Waals surface area contributed by atoms with Crippen molar-refractivity contribution in [3.05, 3.63) is 35.5 Å². The summed E-state index contributed by atoms with van der Waals surface area (Å²) in [6.45, 7) is -0.261. The highest BCUT2D eigenvalue weighted by Gasteiger charge is 2.41. The number of methoxy groups -OCH3 is 1. The Hall–Kier alpha value is -2.84. The Balaban J connectivity index is 1.93. The smallest absolute Gasteiger partial charge is 0.454 e. The van der Waals surface area contributed by atoms with Crippen LogP contribution in [-0.2, 0) is 16.1 Å². The van der Waals surface area contributed by atoms with Crippen LogP contribution in [0.4, 0.5) is 13.2 Å². The number of halogens is 3. The zero-order valence-electron chi connectivity index (χ0n) is 16.6. The fourth-order valence-corrected chi connectivity index (χ4v) is 3.85. The van der Waals surface area contributed by atoms with Gasteiger partial charge in [0.2, 0.25) is 5.91 Å². The zero-order valence-corrected chi connectivity index (χ0v) is 16.6. The lowest BCUT2D eigenvalue weighted by molar-refractivity contribution is -0.122. The SMILES string of the molecule is COC(=O)c1ccc2c(C(=O)C(F)(F)F)cn(CC(=O)NC3CCCCCC3)c2c1. The number of benzene rings is 1. The molecule has 0 unspecified atom stereocenters. The van der Waals surface area contributed by atoms with E-state index in [0.717, 1.165) is 44.7 Å². The van der Waals surface area contributed by atoms with E-state index in [1.807, 2.05) is 0 Å². The summed E-state index contributed by atoms with van der Waals surface area (Å²) in [7, 11) is 1.18. The van der Waals surface area contributed by atoms with Crippen molar-refractivity contribution in [2.24, 2.45) is 0 Å². The summed E-state index contributed by atoms with van der Waals surface area (Å²) in [6.07, 6.45) is 1.97. The predicted molar refractivity (Wildman–Crippen MR) is 103 cm³/mol. The van der Waals surface area contributed by atoms with Crippen molar-refractivity contribution in [2.75, 3.05) is 7.11 Å². The third kappa shape index (κ3) is 4.83. The number of aromatic nitrogens is 1. The molecule has 1 saturated carbocycles. The molecule has 0 saturated heterocycles. The Labute approximate surface area is 171 Å². The van der Waals surface area contributed by atoms with Gasteiger partial charge in [0.15, 0.2) is 0 Å². The average Bonchev–Trinajstić information content (AvgIpc) is 2.86. The number of Topliss-reactive ketones (excluding diaryl/α,β-unsaturated/α-hetero) is 1. The maximum Gasteiger partial charge on any atom is 0.454 e. The molecule has 162 valence electrons. The number of fused-ring (bicyclic) bond motifs is 1. The van der Waals surface area contributed by atoms with E-state index >= 15 is 0 Å². The molecule has 1 N–H and O–H groups in total. The van der Waals surface area contributed by atoms with Gasteiger partial charge in [-0.25, -0.2) is 4.79 Å². The van der Waals surface area contributed by atoms with Gasteiger partial charge in [-0.2, -0.15) is 13.2 Å². The van der Waals surface area contributed by atoms with Crippen LogP contribution in [0.2, 0.25) is 0 Å². The average molecular weight is 424 g/mol. The van der Waals surface area contributed by atoms with E-state index < -0.39 is 23.5 Å². The number of carbonyl (C=O) groups is 3. The second-order valence-electron chi connectivity index (χ2n) is 7.48. The normalized spacial score (nSPS) is 15.6. The van der Waals surface area contributed by atoms with E-state index in [-0.39, 0.29) is 35.0 Å². The Morgan fingerprint density at radius 3 is 2.40 bits per heavy atom. The van der Waals surface area contributed by atoms with Crippen LogP contribution in [-0.4, -0.2) is 41.6 Å².